The number of primary amides is 1. The number of carbonyl (C=O) groups excluding carboxylic acids is 2. The third-order valence-corrected chi connectivity index (χ3v) is 9.09. The molecule has 188 valence electrons. The maximum Gasteiger partial charge on any atom is 0.573 e. The zero-order valence-electron chi connectivity index (χ0n) is 18.8. The highest BCUT2D eigenvalue weighted by Gasteiger charge is 2.58. The van der Waals surface area contributed by atoms with Crippen molar-refractivity contribution in [2.75, 3.05) is 0 Å². The van der Waals surface area contributed by atoms with E-state index in [2.05, 4.69) is 14.8 Å². The number of ether oxygens (including phenoxy) is 1. The highest BCUT2D eigenvalue weighted by molar-refractivity contribution is 7.89. The third kappa shape index (κ3) is 4.74. The summed E-state index contributed by atoms with van der Waals surface area (Å²) in [4.78, 5) is 24.9. The highest BCUT2D eigenvalue weighted by atomic mass is 32.2. The van der Waals surface area contributed by atoms with E-state index in [0.29, 0.717) is 18.8 Å². The fourth-order valence-corrected chi connectivity index (χ4v) is 7.53. The van der Waals surface area contributed by atoms with E-state index in [9.17, 15) is 31.2 Å². The lowest BCUT2D eigenvalue weighted by atomic mass is 9.47. The van der Waals surface area contributed by atoms with Crippen LogP contribution in [0.3, 0.4) is 0 Å². The van der Waals surface area contributed by atoms with Gasteiger partial charge in [0.15, 0.2) is 0 Å². The average Bonchev–Trinajstić information content (AvgIpc) is 2.68. The second kappa shape index (κ2) is 8.11. The molecule has 0 saturated heterocycles. The third-order valence-electron chi connectivity index (χ3n) is 7.42. The van der Waals surface area contributed by atoms with E-state index < -0.39 is 39.0 Å². The molecule has 34 heavy (non-hydrogen) atoms. The molecule has 4 aliphatic rings. The Bertz CT molecular complexity index is 1070. The summed E-state index contributed by atoms with van der Waals surface area (Å²) in [6.45, 7) is 2.84. The summed E-state index contributed by atoms with van der Waals surface area (Å²) in [6.07, 6.45) is -1.05. The normalized spacial score (nSPS) is 30.7. The van der Waals surface area contributed by atoms with Crippen molar-refractivity contribution in [3.05, 3.63) is 24.3 Å². The second-order valence-electron chi connectivity index (χ2n) is 10.4. The lowest BCUT2D eigenvalue weighted by molar-refractivity contribution is -0.274. The van der Waals surface area contributed by atoms with Gasteiger partial charge in [-0.05, 0) is 88.0 Å². The van der Waals surface area contributed by atoms with Gasteiger partial charge in [0, 0.05) is 11.5 Å². The van der Waals surface area contributed by atoms with Gasteiger partial charge in [-0.15, -0.1) is 13.2 Å². The first-order chi connectivity index (χ1) is 15.6. The van der Waals surface area contributed by atoms with E-state index in [-0.39, 0.29) is 28.7 Å². The first kappa shape index (κ1) is 24.8. The van der Waals surface area contributed by atoms with Crippen molar-refractivity contribution in [2.45, 2.75) is 68.8 Å². The Morgan fingerprint density at radius 2 is 1.62 bits per heavy atom. The smallest absolute Gasteiger partial charge is 0.406 e. The minimum Gasteiger partial charge on any atom is -0.406 e. The molecule has 4 N–H and O–H groups in total. The molecule has 8 nitrogen and oxygen atoms in total. The molecule has 0 radical (unpaired) electrons. The zero-order chi connectivity index (χ0) is 25.1. The number of rotatable bonds is 7. The lowest BCUT2D eigenvalue weighted by Gasteiger charge is -2.59. The number of nitrogens with two attached hydrogens (primary N) is 1. The van der Waals surface area contributed by atoms with Crippen molar-refractivity contribution in [1.82, 2.24) is 10.0 Å². The number of benzene rings is 1. The summed E-state index contributed by atoms with van der Waals surface area (Å²) in [5.41, 5.74) is 3.67. The summed E-state index contributed by atoms with van der Waals surface area (Å²) in [5.74, 6) is -0.726. The van der Waals surface area contributed by atoms with Crippen LogP contribution in [0.15, 0.2) is 29.2 Å². The summed E-state index contributed by atoms with van der Waals surface area (Å²) >= 11 is 0. The van der Waals surface area contributed by atoms with Gasteiger partial charge in [0.05, 0.1) is 4.90 Å². The summed E-state index contributed by atoms with van der Waals surface area (Å²) < 4.78 is 68.7. The highest BCUT2D eigenvalue weighted by Crippen LogP contribution is 2.59. The first-order valence-electron chi connectivity index (χ1n) is 11.1. The number of amides is 2. The van der Waals surface area contributed by atoms with Crippen LogP contribution in [0, 0.1) is 23.2 Å². The fourth-order valence-electron chi connectivity index (χ4n) is 6.16. The molecular formula is C22H28F3N3O5S. The topological polar surface area (TPSA) is 128 Å². The van der Waals surface area contributed by atoms with Gasteiger partial charge in [-0.3, -0.25) is 9.59 Å². The molecule has 1 aromatic carbocycles. The van der Waals surface area contributed by atoms with Gasteiger partial charge < -0.3 is 15.8 Å². The first-order valence-corrected chi connectivity index (χ1v) is 12.6. The molecule has 2 amide bonds. The van der Waals surface area contributed by atoms with E-state index in [1.54, 1.807) is 0 Å². The van der Waals surface area contributed by atoms with Crippen LogP contribution in [0.4, 0.5) is 13.2 Å². The molecule has 0 aromatic heterocycles. The van der Waals surface area contributed by atoms with E-state index >= 15 is 0 Å². The molecular weight excluding hydrogens is 475 g/mol. The SMILES string of the molecule is CC(C)(NS(=O)(=O)c1ccc(OC(F)(F)F)cc1)C(=O)NC1C2CC3CC1CC(C(N)=O)(C3)C2. The van der Waals surface area contributed by atoms with Gasteiger partial charge in [0.2, 0.25) is 21.8 Å². The molecule has 2 unspecified atom stereocenters. The maximum absolute atomic E-state index is 13.1. The van der Waals surface area contributed by atoms with Crippen molar-refractivity contribution < 1.29 is 35.9 Å². The van der Waals surface area contributed by atoms with Gasteiger partial charge in [-0.2, -0.15) is 4.72 Å². The quantitative estimate of drug-likeness (QED) is 0.527. The van der Waals surface area contributed by atoms with Crippen LogP contribution >= 0.6 is 0 Å². The largest absolute Gasteiger partial charge is 0.573 e. The predicted octanol–water partition coefficient (Wildman–Crippen LogP) is 2.44. The van der Waals surface area contributed by atoms with Crippen LogP contribution in [-0.4, -0.2) is 38.2 Å². The van der Waals surface area contributed by atoms with Gasteiger partial charge in [0.25, 0.3) is 0 Å². The molecule has 4 saturated carbocycles. The number of hydrogen-bond acceptors (Lipinski definition) is 5. The fraction of sp³-hybridized carbons (Fsp3) is 0.636. The molecule has 12 heteroatoms. The van der Waals surface area contributed by atoms with Crippen molar-refractivity contribution in [2.24, 2.45) is 28.9 Å². The zero-order valence-corrected chi connectivity index (χ0v) is 19.6. The van der Waals surface area contributed by atoms with E-state index in [1.807, 2.05) is 0 Å². The van der Waals surface area contributed by atoms with Crippen LogP contribution in [-0.2, 0) is 19.6 Å². The molecule has 0 spiro atoms. The molecule has 4 bridgehead atoms. The van der Waals surface area contributed by atoms with Crippen LogP contribution in [0.2, 0.25) is 0 Å². The molecule has 1 aromatic rings. The number of alkyl halides is 3. The number of hydrogen-bond donors (Lipinski definition) is 3. The van der Waals surface area contributed by atoms with E-state index in [1.165, 1.54) is 13.8 Å². The number of halogens is 3. The second-order valence-corrected chi connectivity index (χ2v) is 12.0. The van der Waals surface area contributed by atoms with Crippen LogP contribution in [0.25, 0.3) is 0 Å². The Balaban J connectivity index is 1.43. The number of sulfonamides is 1. The van der Waals surface area contributed by atoms with Crippen LogP contribution in [0.5, 0.6) is 5.75 Å². The Labute approximate surface area is 195 Å². The molecule has 2 atom stereocenters. The number of carbonyl (C=O) groups is 2. The average molecular weight is 504 g/mol. The minimum absolute atomic E-state index is 0.108. The van der Waals surface area contributed by atoms with Gasteiger partial charge in [-0.1, -0.05) is 0 Å². The van der Waals surface area contributed by atoms with Crippen molar-refractivity contribution in [3.8, 4) is 5.75 Å². The van der Waals surface area contributed by atoms with Crippen LogP contribution < -0.4 is 20.5 Å². The Kier molecular flexibility index (Phi) is 5.91. The predicted molar refractivity (Wildman–Crippen MR) is 115 cm³/mol. The standard InChI is InChI=1S/C22H28F3N3O5S/c1-20(2,28-34(31,32)16-5-3-15(4-6-16)33-22(23,24)25)19(30)27-17-13-7-12-8-14(17)11-21(9-12,10-13)18(26)29/h3-6,12-14,17,28H,7-11H2,1-2H3,(H2,26,29)(H,27,30). The summed E-state index contributed by atoms with van der Waals surface area (Å²) in [7, 11) is -4.21. The monoisotopic (exact) mass is 503 g/mol. The molecule has 4 fully saturated rings. The summed E-state index contributed by atoms with van der Waals surface area (Å²) in [6, 6.07) is 3.55. The van der Waals surface area contributed by atoms with Gasteiger partial charge >= 0.3 is 6.36 Å². The van der Waals surface area contributed by atoms with Gasteiger partial charge in [0.1, 0.15) is 11.3 Å². The van der Waals surface area contributed by atoms with E-state index in [4.69, 9.17) is 5.73 Å². The Morgan fingerprint density at radius 3 is 2.12 bits per heavy atom. The number of nitrogens with one attached hydrogen (secondary N) is 2. The molecule has 0 heterocycles. The Hall–Kier alpha value is -2.34. The van der Waals surface area contributed by atoms with Crippen LogP contribution in [0.1, 0.15) is 46.0 Å². The Morgan fingerprint density at radius 1 is 1.06 bits per heavy atom. The minimum atomic E-state index is -4.90. The van der Waals surface area contributed by atoms with Crippen molar-refractivity contribution in [1.29, 1.82) is 0 Å². The molecule has 4 aliphatic carbocycles. The molecule has 5 rings (SSSR count). The van der Waals surface area contributed by atoms with Gasteiger partial charge in [-0.25, -0.2) is 8.42 Å². The van der Waals surface area contributed by atoms with E-state index in [0.717, 1.165) is 43.5 Å². The molecule has 0 aliphatic heterocycles. The maximum atomic E-state index is 13.1. The van der Waals surface area contributed by atoms with Crippen molar-refractivity contribution in [3.63, 3.8) is 0 Å². The van der Waals surface area contributed by atoms with Crippen molar-refractivity contribution >= 4 is 21.8 Å². The lowest BCUT2D eigenvalue weighted by Crippen LogP contribution is -2.65. The summed E-state index contributed by atoms with van der Waals surface area (Å²) in [5, 5.41) is 3.00.